The van der Waals surface area contributed by atoms with Crippen LogP contribution in [0.25, 0.3) is 0 Å². The number of nitrogens with zero attached hydrogens (tertiary/aromatic N) is 4. The highest BCUT2D eigenvalue weighted by molar-refractivity contribution is 7.05. The van der Waals surface area contributed by atoms with E-state index in [2.05, 4.69) is 47.8 Å². The van der Waals surface area contributed by atoms with E-state index in [1.54, 1.807) is 6.20 Å². The number of rotatable bonds is 4. The monoisotopic (exact) mass is 280 g/mol. The van der Waals surface area contributed by atoms with E-state index in [9.17, 15) is 0 Å². The maximum atomic E-state index is 5.75. The van der Waals surface area contributed by atoms with Crippen molar-refractivity contribution in [3.05, 3.63) is 28.5 Å². The Labute approximate surface area is 117 Å². The smallest absolute Gasteiger partial charge is 0.100 e. The molecule has 7 heteroatoms. The van der Waals surface area contributed by atoms with E-state index in [4.69, 9.17) is 5.84 Å². The molecule has 104 valence electrons. The Morgan fingerprint density at radius 1 is 1.47 bits per heavy atom. The number of hydrazine groups is 1. The van der Waals surface area contributed by atoms with E-state index in [1.165, 1.54) is 11.5 Å². The summed E-state index contributed by atoms with van der Waals surface area (Å²) in [4.78, 5) is 1.05. The molecule has 2 rings (SSSR count). The Morgan fingerprint density at radius 2 is 2.21 bits per heavy atom. The van der Waals surface area contributed by atoms with Crippen LogP contribution in [0.15, 0.2) is 12.3 Å². The van der Waals surface area contributed by atoms with Crippen molar-refractivity contribution in [1.29, 1.82) is 0 Å². The van der Waals surface area contributed by atoms with Crippen LogP contribution in [-0.4, -0.2) is 19.4 Å². The molecule has 0 radical (unpaired) electrons. The summed E-state index contributed by atoms with van der Waals surface area (Å²) < 4.78 is 6.02. The van der Waals surface area contributed by atoms with Crippen LogP contribution in [0.1, 0.15) is 50.0 Å². The van der Waals surface area contributed by atoms with Gasteiger partial charge in [0.05, 0.1) is 16.3 Å². The van der Waals surface area contributed by atoms with Crippen LogP contribution in [0, 0.1) is 0 Å². The normalized spacial score (nSPS) is 13.7. The largest absolute Gasteiger partial charge is 0.270 e. The van der Waals surface area contributed by atoms with Gasteiger partial charge in [0.15, 0.2) is 0 Å². The standard InChI is InChI=1S/C12H20N6S/c1-5-18-8(6-7-14-18)9(15-13)10-11(12(2,3)4)16-17-19-10/h6-7,9,15H,5,13H2,1-4H3. The Morgan fingerprint density at radius 3 is 2.79 bits per heavy atom. The van der Waals surface area contributed by atoms with E-state index in [-0.39, 0.29) is 11.5 Å². The van der Waals surface area contributed by atoms with Crippen molar-refractivity contribution in [2.24, 2.45) is 5.84 Å². The topological polar surface area (TPSA) is 81.7 Å². The lowest BCUT2D eigenvalue weighted by atomic mass is 9.89. The summed E-state index contributed by atoms with van der Waals surface area (Å²) in [7, 11) is 0. The third-order valence-corrected chi connectivity index (χ3v) is 3.79. The lowest BCUT2D eigenvalue weighted by Crippen LogP contribution is -2.32. The number of hydrogen-bond acceptors (Lipinski definition) is 6. The lowest BCUT2D eigenvalue weighted by Gasteiger charge is -2.21. The van der Waals surface area contributed by atoms with Crippen molar-refractivity contribution >= 4 is 11.5 Å². The molecule has 1 unspecified atom stereocenters. The molecule has 0 aromatic carbocycles. The van der Waals surface area contributed by atoms with Gasteiger partial charge in [-0.05, 0) is 24.5 Å². The van der Waals surface area contributed by atoms with Crippen LogP contribution in [0.2, 0.25) is 0 Å². The number of aromatic nitrogens is 4. The molecule has 3 N–H and O–H groups in total. The number of aryl methyl sites for hydroxylation is 1. The second-order valence-corrected chi connectivity index (χ2v) is 6.19. The van der Waals surface area contributed by atoms with Crippen LogP contribution in [-0.2, 0) is 12.0 Å². The molecule has 19 heavy (non-hydrogen) atoms. The van der Waals surface area contributed by atoms with Crippen molar-refractivity contribution < 1.29 is 0 Å². The SMILES string of the molecule is CCn1nccc1C(NN)c1snnc1C(C)(C)C. The minimum Gasteiger partial charge on any atom is -0.270 e. The molecule has 1 atom stereocenters. The lowest BCUT2D eigenvalue weighted by molar-refractivity contribution is 0.519. The summed E-state index contributed by atoms with van der Waals surface area (Å²) in [6.45, 7) is 9.23. The Balaban J connectivity index is 2.47. The van der Waals surface area contributed by atoms with Crippen molar-refractivity contribution in [2.75, 3.05) is 0 Å². The molecule has 2 aromatic rings. The van der Waals surface area contributed by atoms with Gasteiger partial charge >= 0.3 is 0 Å². The minimum absolute atomic E-state index is 0.0610. The summed E-state index contributed by atoms with van der Waals surface area (Å²) in [5.74, 6) is 5.75. The van der Waals surface area contributed by atoms with Gasteiger partial charge < -0.3 is 0 Å². The van der Waals surface area contributed by atoms with E-state index >= 15 is 0 Å². The average Bonchev–Trinajstić information content (AvgIpc) is 2.97. The van der Waals surface area contributed by atoms with Gasteiger partial charge in [-0.1, -0.05) is 25.3 Å². The summed E-state index contributed by atoms with van der Waals surface area (Å²) >= 11 is 1.38. The second kappa shape index (κ2) is 5.36. The summed E-state index contributed by atoms with van der Waals surface area (Å²) in [5, 5.41) is 8.56. The summed E-state index contributed by atoms with van der Waals surface area (Å²) in [6.07, 6.45) is 1.79. The highest BCUT2D eigenvalue weighted by Gasteiger charge is 2.29. The zero-order chi connectivity index (χ0) is 14.0. The van der Waals surface area contributed by atoms with Gasteiger partial charge in [-0.2, -0.15) is 5.10 Å². The molecule has 0 bridgehead atoms. The zero-order valence-electron chi connectivity index (χ0n) is 11.7. The first-order valence-electron chi connectivity index (χ1n) is 6.29. The van der Waals surface area contributed by atoms with Crippen LogP contribution >= 0.6 is 11.5 Å². The predicted octanol–water partition coefficient (Wildman–Crippen LogP) is 1.60. The van der Waals surface area contributed by atoms with Gasteiger partial charge in [-0.15, -0.1) is 5.10 Å². The molecule has 0 saturated carbocycles. The fraction of sp³-hybridized carbons (Fsp3) is 0.583. The molecule has 0 aliphatic heterocycles. The van der Waals surface area contributed by atoms with Gasteiger partial charge in [0.2, 0.25) is 0 Å². The molecule has 0 saturated heterocycles. The van der Waals surface area contributed by atoms with Crippen LogP contribution in [0.5, 0.6) is 0 Å². The van der Waals surface area contributed by atoms with Gasteiger partial charge in [-0.25, -0.2) is 5.43 Å². The number of nitrogens with one attached hydrogen (secondary N) is 1. The predicted molar refractivity (Wildman–Crippen MR) is 75.7 cm³/mol. The highest BCUT2D eigenvalue weighted by atomic mass is 32.1. The third-order valence-electron chi connectivity index (χ3n) is 3.00. The molecular formula is C12H20N6S. The van der Waals surface area contributed by atoms with E-state index in [0.29, 0.717) is 0 Å². The first-order chi connectivity index (χ1) is 8.99. The number of nitrogens with two attached hydrogens (primary N) is 1. The maximum Gasteiger partial charge on any atom is 0.100 e. The molecule has 0 aliphatic rings. The first-order valence-corrected chi connectivity index (χ1v) is 7.07. The van der Waals surface area contributed by atoms with Crippen molar-refractivity contribution in [3.63, 3.8) is 0 Å². The molecular weight excluding hydrogens is 260 g/mol. The quantitative estimate of drug-likeness (QED) is 0.657. The molecule has 0 spiro atoms. The third kappa shape index (κ3) is 2.68. The first kappa shape index (κ1) is 14.1. The Kier molecular flexibility index (Phi) is 3.98. The van der Waals surface area contributed by atoms with Gasteiger partial charge in [0.25, 0.3) is 0 Å². The highest BCUT2D eigenvalue weighted by Crippen LogP contribution is 2.33. The van der Waals surface area contributed by atoms with Gasteiger partial charge in [0, 0.05) is 18.2 Å². The van der Waals surface area contributed by atoms with Gasteiger partial charge in [-0.3, -0.25) is 10.5 Å². The molecule has 2 heterocycles. The van der Waals surface area contributed by atoms with Crippen molar-refractivity contribution in [2.45, 2.75) is 45.7 Å². The molecule has 0 amide bonds. The van der Waals surface area contributed by atoms with Crippen molar-refractivity contribution in [3.8, 4) is 0 Å². The molecule has 2 aromatic heterocycles. The Hall–Kier alpha value is -1.31. The average molecular weight is 280 g/mol. The fourth-order valence-corrected chi connectivity index (χ4v) is 2.99. The van der Waals surface area contributed by atoms with E-state index in [0.717, 1.165) is 22.8 Å². The maximum absolute atomic E-state index is 5.75. The zero-order valence-corrected chi connectivity index (χ0v) is 12.5. The minimum atomic E-state index is -0.128. The molecule has 0 fully saturated rings. The van der Waals surface area contributed by atoms with Crippen LogP contribution in [0.4, 0.5) is 0 Å². The fourth-order valence-electron chi connectivity index (χ4n) is 2.05. The van der Waals surface area contributed by atoms with E-state index in [1.807, 2.05) is 10.7 Å². The number of hydrogen-bond donors (Lipinski definition) is 2. The summed E-state index contributed by atoms with van der Waals surface area (Å²) in [5.41, 5.74) is 4.81. The molecule has 6 nitrogen and oxygen atoms in total. The van der Waals surface area contributed by atoms with Crippen molar-refractivity contribution in [1.82, 2.24) is 24.8 Å². The summed E-state index contributed by atoms with van der Waals surface area (Å²) in [6, 6.07) is 1.84. The Bertz CT molecular complexity index is 538. The second-order valence-electron chi connectivity index (χ2n) is 5.41. The van der Waals surface area contributed by atoms with E-state index < -0.39 is 0 Å². The van der Waals surface area contributed by atoms with Crippen LogP contribution in [0.3, 0.4) is 0 Å². The molecule has 0 aliphatic carbocycles. The van der Waals surface area contributed by atoms with Crippen LogP contribution < -0.4 is 11.3 Å². The van der Waals surface area contributed by atoms with Gasteiger partial charge in [0.1, 0.15) is 6.04 Å².